The van der Waals surface area contributed by atoms with Crippen molar-refractivity contribution in [3.05, 3.63) is 77.9 Å². The third-order valence-corrected chi connectivity index (χ3v) is 5.38. The first-order chi connectivity index (χ1) is 15.0. The van der Waals surface area contributed by atoms with Gasteiger partial charge in [0.25, 0.3) is 11.8 Å². The van der Waals surface area contributed by atoms with Gasteiger partial charge in [0.1, 0.15) is 5.75 Å². The number of piperazine rings is 1. The summed E-state index contributed by atoms with van der Waals surface area (Å²) in [6.45, 7) is 1.51. The van der Waals surface area contributed by atoms with Crippen LogP contribution in [0.5, 0.6) is 5.75 Å². The molecule has 0 bridgehead atoms. The summed E-state index contributed by atoms with van der Waals surface area (Å²) in [5.41, 5.74) is 0.407. The van der Waals surface area contributed by atoms with Gasteiger partial charge in [-0.3, -0.25) is 9.59 Å². The fourth-order valence-electron chi connectivity index (χ4n) is 3.68. The fraction of sp³-hybridized carbons (Fsp3) is 0.208. The summed E-state index contributed by atoms with van der Waals surface area (Å²) >= 11 is 0. The van der Waals surface area contributed by atoms with E-state index in [2.05, 4.69) is 0 Å². The first-order valence-corrected chi connectivity index (χ1v) is 10.0. The van der Waals surface area contributed by atoms with Gasteiger partial charge in [-0.05, 0) is 29.7 Å². The van der Waals surface area contributed by atoms with Crippen LogP contribution < -0.4 is 4.74 Å². The molecule has 0 spiro atoms. The van der Waals surface area contributed by atoms with Crippen molar-refractivity contribution in [2.75, 3.05) is 32.8 Å². The number of ether oxygens (including phenoxy) is 1. The molecule has 31 heavy (non-hydrogen) atoms. The van der Waals surface area contributed by atoms with E-state index < -0.39 is 5.97 Å². The van der Waals surface area contributed by atoms with E-state index in [0.717, 1.165) is 10.8 Å². The van der Waals surface area contributed by atoms with E-state index in [1.807, 2.05) is 42.5 Å². The minimum atomic E-state index is -1.07. The lowest BCUT2D eigenvalue weighted by Crippen LogP contribution is -2.51. The Morgan fingerprint density at radius 2 is 1.45 bits per heavy atom. The molecule has 0 unspecified atom stereocenters. The van der Waals surface area contributed by atoms with Gasteiger partial charge in [-0.25, -0.2) is 4.79 Å². The summed E-state index contributed by atoms with van der Waals surface area (Å²) in [5.74, 6) is -0.773. The molecule has 7 heteroatoms. The topological polar surface area (TPSA) is 87.2 Å². The van der Waals surface area contributed by atoms with Gasteiger partial charge >= 0.3 is 5.97 Å². The Morgan fingerprint density at radius 1 is 0.806 bits per heavy atom. The van der Waals surface area contributed by atoms with Crippen LogP contribution in [0, 0.1) is 0 Å². The number of carboxylic acid groups (broad SMARTS) is 1. The van der Waals surface area contributed by atoms with E-state index in [0.29, 0.717) is 37.5 Å². The van der Waals surface area contributed by atoms with Crippen molar-refractivity contribution in [2.45, 2.75) is 0 Å². The molecule has 1 aliphatic rings. The van der Waals surface area contributed by atoms with Gasteiger partial charge in [0, 0.05) is 37.1 Å². The zero-order chi connectivity index (χ0) is 21.8. The van der Waals surface area contributed by atoms with Gasteiger partial charge in [-0.1, -0.05) is 42.5 Å². The summed E-state index contributed by atoms with van der Waals surface area (Å²) in [5, 5.41) is 11.1. The second-order valence-corrected chi connectivity index (χ2v) is 7.32. The highest BCUT2D eigenvalue weighted by Crippen LogP contribution is 2.25. The number of carboxylic acids is 1. The Kier molecular flexibility index (Phi) is 5.84. The number of benzene rings is 3. The number of hydrogen-bond donors (Lipinski definition) is 1. The van der Waals surface area contributed by atoms with E-state index in [1.54, 1.807) is 21.9 Å². The molecule has 0 saturated carbocycles. The summed E-state index contributed by atoms with van der Waals surface area (Å²) in [6.07, 6.45) is 0. The molecule has 3 aromatic rings. The van der Waals surface area contributed by atoms with Crippen LogP contribution in [-0.4, -0.2) is 65.5 Å². The van der Waals surface area contributed by atoms with Crippen molar-refractivity contribution in [3.63, 3.8) is 0 Å². The van der Waals surface area contributed by atoms with Crippen LogP contribution >= 0.6 is 0 Å². The number of nitrogens with zero attached hydrogens (tertiary/aromatic N) is 2. The lowest BCUT2D eigenvalue weighted by atomic mass is 10.1. The molecule has 1 aliphatic heterocycles. The Labute approximate surface area is 179 Å². The molecule has 1 saturated heterocycles. The van der Waals surface area contributed by atoms with Crippen molar-refractivity contribution in [2.24, 2.45) is 0 Å². The van der Waals surface area contributed by atoms with Crippen molar-refractivity contribution >= 4 is 28.6 Å². The zero-order valence-electron chi connectivity index (χ0n) is 16.9. The second-order valence-electron chi connectivity index (χ2n) is 7.32. The summed E-state index contributed by atoms with van der Waals surface area (Å²) in [6, 6.07) is 19.5. The molecule has 1 N–H and O–H groups in total. The van der Waals surface area contributed by atoms with E-state index in [4.69, 9.17) is 9.84 Å². The van der Waals surface area contributed by atoms with Crippen molar-refractivity contribution < 1.29 is 24.2 Å². The molecular formula is C24H22N2O5. The maximum Gasteiger partial charge on any atom is 0.335 e. The maximum absolute atomic E-state index is 12.7. The predicted octanol–water partition coefficient (Wildman–Crippen LogP) is 2.90. The fourth-order valence-corrected chi connectivity index (χ4v) is 3.68. The third kappa shape index (κ3) is 4.50. The van der Waals surface area contributed by atoms with Crippen LogP contribution in [0.4, 0.5) is 0 Å². The summed E-state index contributed by atoms with van der Waals surface area (Å²) in [4.78, 5) is 39.7. The first-order valence-electron chi connectivity index (χ1n) is 10.0. The molecule has 1 fully saturated rings. The van der Waals surface area contributed by atoms with Crippen LogP contribution in [0.2, 0.25) is 0 Å². The first kappa shape index (κ1) is 20.4. The standard InChI is InChI=1S/C24H22N2O5/c27-22(16-31-21-10-4-6-17-5-1-2-9-20(17)21)25-11-13-26(14-12-25)23(28)18-7-3-8-19(15-18)24(29)30/h1-10,15H,11-14,16H2,(H,29,30). The number of rotatable bonds is 5. The minimum absolute atomic E-state index is 0.0669. The Bertz CT molecular complexity index is 1130. The molecule has 7 nitrogen and oxygen atoms in total. The van der Waals surface area contributed by atoms with Crippen molar-refractivity contribution in [1.29, 1.82) is 0 Å². The normalized spacial score (nSPS) is 13.8. The number of hydrogen-bond acceptors (Lipinski definition) is 4. The molecule has 2 amide bonds. The molecule has 0 aliphatic carbocycles. The van der Waals surface area contributed by atoms with E-state index in [-0.39, 0.29) is 24.0 Å². The number of carbonyl (C=O) groups excluding carboxylic acids is 2. The Balaban J connectivity index is 1.33. The van der Waals surface area contributed by atoms with Crippen LogP contribution in [0.15, 0.2) is 66.7 Å². The highest BCUT2D eigenvalue weighted by Gasteiger charge is 2.25. The van der Waals surface area contributed by atoms with Crippen LogP contribution in [0.25, 0.3) is 10.8 Å². The van der Waals surface area contributed by atoms with Gasteiger partial charge < -0.3 is 19.6 Å². The Hall–Kier alpha value is -3.87. The van der Waals surface area contributed by atoms with E-state index >= 15 is 0 Å². The number of carbonyl (C=O) groups is 3. The minimum Gasteiger partial charge on any atom is -0.483 e. The molecule has 1 heterocycles. The molecular weight excluding hydrogens is 396 g/mol. The van der Waals surface area contributed by atoms with E-state index in [9.17, 15) is 14.4 Å². The van der Waals surface area contributed by atoms with Crippen molar-refractivity contribution in [3.8, 4) is 5.75 Å². The van der Waals surface area contributed by atoms with Gasteiger partial charge in [-0.2, -0.15) is 0 Å². The van der Waals surface area contributed by atoms with Gasteiger partial charge in [0.15, 0.2) is 6.61 Å². The summed E-state index contributed by atoms with van der Waals surface area (Å²) in [7, 11) is 0. The van der Waals surface area contributed by atoms with E-state index in [1.165, 1.54) is 12.1 Å². The van der Waals surface area contributed by atoms with Crippen LogP contribution in [0.3, 0.4) is 0 Å². The van der Waals surface area contributed by atoms with Gasteiger partial charge in [0.05, 0.1) is 5.56 Å². The molecule has 0 atom stereocenters. The van der Waals surface area contributed by atoms with Crippen LogP contribution in [-0.2, 0) is 4.79 Å². The number of amides is 2. The second kappa shape index (κ2) is 8.87. The average molecular weight is 418 g/mol. The lowest BCUT2D eigenvalue weighted by molar-refractivity contribution is -0.134. The third-order valence-electron chi connectivity index (χ3n) is 5.38. The molecule has 0 radical (unpaired) electrons. The predicted molar refractivity (Wildman–Crippen MR) is 115 cm³/mol. The molecule has 158 valence electrons. The maximum atomic E-state index is 12.7. The highest BCUT2D eigenvalue weighted by atomic mass is 16.5. The highest BCUT2D eigenvalue weighted by molar-refractivity contribution is 5.97. The molecule has 3 aromatic carbocycles. The quantitative estimate of drug-likeness (QED) is 0.689. The largest absolute Gasteiger partial charge is 0.483 e. The zero-order valence-corrected chi connectivity index (χ0v) is 16.9. The monoisotopic (exact) mass is 418 g/mol. The van der Waals surface area contributed by atoms with Crippen LogP contribution in [0.1, 0.15) is 20.7 Å². The number of fused-ring (bicyclic) bond motifs is 1. The SMILES string of the molecule is O=C(O)c1cccc(C(=O)N2CCN(C(=O)COc3cccc4ccccc34)CC2)c1. The van der Waals surface area contributed by atoms with Gasteiger partial charge in [-0.15, -0.1) is 0 Å². The lowest BCUT2D eigenvalue weighted by Gasteiger charge is -2.34. The van der Waals surface area contributed by atoms with Gasteiger partial charge in [0.2, 0.25) is 0 Å². The smallest absolute Gasteiger partial charge is 0.335 e. The van der Waals surface area contributed by atoms with Crippen molar-refractivity contribution in [1.82, 2.24) is 9.80 Å². The molecule has 4 rings (SSSR count). The number of aromatic carboxylic acids is 1. The Morgan fingerprint density at radius 3 is 2.23 bits per heavy atom. The molecule has 0 aromatic heterocycles. The summed E-state index contributed by atoms with van der Waals surface area (Å²) < 4.78 is 5.79. The average Bonchev–Trinajstić information content (AvgIpc) is 2.82.